The summed E-state index contributed by atoms with van der Waals surface area (Å²) in [5, 5.41) is 9.38. The van der Waals surface area contributed by atoms with Gasteiger partial charge in [0.15, 0.2) is 5.43 Å². The lowest BCUT2D eigenvalue weighted by atomic mass is 10.1. The third kappa shape index (κ3) is 2.88. The maximum atomic E-state index is 12.3. The largest absolute Gasteiger partial charge is 0.481 e. The van der Waals surface area contributed by atoms with Crippen molar-refractivity contribution in [3.63, 3.8) is 0 Å². The van der Waals surface area contributed by atoms with Gasteiger partial charge in [-0.3, -0.25) is 9.59 Å². The van der Waals surface area contributed by atoms with Crippen LogP contribution in [0.4, 0.5) is 0 Å². The number of hydrogen-bond donors (Lipinski definition) is 1. The van der Waals surface area contributed by atoms with E-state index in [-0.39, 0.29) is 11.8 Å². The molecule has 1 N–H and O–H groups in total. The summed E-state index contributed by atoms with van der Waals surface area (Å²) >= 11 is 8.24. The van der Waals surface area contributed by atoms with Crippen molar-refractivity contribution in [3.8, 4) is 10.6 Å². The monoisotopic (exact) mass is 442 g/mol. The van der Waals surface area contributed by atoms with Crippen molar-refractivity contribution in [2.45, 2.75) is 6.42 Å². The van der Waals surface area contributed by atoms with Crippen molar-refractivity contribution in [1.29, 1.82) is 0 Å². The van der Waals surface area contributed by atoms with E-state index in [1.807, 2.05) is 6.07 Å². The Morgan fingerprint density at radius 1 is 1.27 bits per heavy atom. The Kier molecular flexibility index (Phi) is 4.20. The second-order valence-corrected chi connectivity index (χ2v) is 7.85. The fraction of sp³-hybridized carbons (Fsp3) is 0.0667. The maximum absolute atomic E-state index is 12.3. The van der Waals surface area contributed by atoms with Gasteiger partial charge < -0.3 is 9.52 Å². The summed E-state index contributed by atoms with van der Waals surface area (Å²) in [7, 11) is 0. The Hall–Kier alpha value is -1.44. The average molecular weight is 444 g/mol. The molecule has 4 nitrogen and oxygen atoms in total. The number of fused-ring (bicyclic) bond motifs is 1. The average Bonchev–Trinajstić information content (AvgIpc) is 2.78. The van der Waals surface area contributed by atoms with E-state index >= 15 is 0 Å². The van der Waals surface area contributed by atoms with Gasteiger partial charge in [-0.2, -0.15) is 0 Å². The highest BCUT2D eigenvalue weighted by molar-refractivity contribution is 9.11. The molecule has 0 aliphatic rings. The van der Waals surface area contributed by atoms with Gasteiger partial charge in [0.1, 0.15) is 11.3 Å². The van der Waals surface area contributed by atoms with E-state index < -0.39 is 5.97 Å². The highest BCUT2D eigenvalue weighted by Gasteiger charge is 2.15. The molecule has 0 atom stereocenters. The standard InChI is InChI=1S/C15H8Br2O4S/c16-9-5-12(17)22-15(9)11-6-10(18)8-3-1-2-7(4-13(19)20)14(8)21-11/h1-3,5-6H,4H2,(H,19,20). The number of para-hydroxylation sites is 1. The first-order chi connectivity index (χ1) is 10.5. The summed E-state index contributed by atoms with van der Waals surface area (Å²) < 4.78 is 7.56. The lowest BCUT2D eigenvalue weighted by Crippen LogP contribution is -2.05. The molecule has 0 bridgehead atoms. The normalized spacial score (nSPS) is 11.0. The number of rotatable bonds is 3. The number of carboxylic acid groups (broad SMARTS) is 1. The highest BCUT2D eigenvalue weighted by atomic mass is 79.9. The highest BCUT2D eigenvalue weighted by Crippen LogP contribution is 2.39. The fourth-order valence-electron chi connectivity index (χ4n) is 2.16. The lowest BCUT2D eigenvalue weighted by molar-refractivity contribution is -0.136. The van der Waals surface area contributed by atoms with Gasteiger partial charge in [0.2, 0.25) is 0 Å². The molecular formula is C15H8Br2O4S. The molecule has 0 saturated heterocycles. The zero-order valence-electron chi connectivity index (χ0n) is 10.9. The van der Waals surface area contributed by atoms with Crippen LogP contribution in [0.3, 0.4) is 0 Å². The molecule has 0 radical (unpaired) electrons. The molecular weight excluding hydrogens is 436 g/mol. The zero-order valence-corrected chi connectivity index (χ0v) is 14.9. The number of hydrogen-bond acceptors (Lipinski definition) is 4. The number of thiophene rings is 1. The second kappa shape index (κ2) is 5.98. The molecule has 112 valence electrons. The van der Waals surface area contributed by atoms with E-state index in [0.29, 0.717) is 22.3 Å². The molecule has 0 aliphatic heterocycles. The third-order valence-corrected chi connectivity index (χ3v) is 5.60. The van der Waals surface area contributed by atoms with Crippen LogP contribution in [0.25, 0.3) is 21.6 Å². The Bertz CT molecular complexity index is 942. The van der Waals surface area contributed by atoms with Crippen molar-refractivity contribution in [1.82, 2.24) is 0 Å². The minimum absolute atomic E-state index is 0.195. The van der Waals surface area contributed by atoms with Crippen molar-refractivity contribution in [2.24, 2.45) is 0 Å². The Morgan fingerprint density at radius 2 is 2.05 bits per heavy atom. The number of carbonyl (C=O) groups is 1. The minimum atomic E-state index is -0.972. The number of carboxylic acids is 1. The van der Waals surface area contributed by atoms with Crippen LogP contribution in [0.5, 0.6) is 0 Å². The molecule has 0 unspecified atom stereocenters. The van der Waals surface area contributed by atoms with E-state index in [1.165, 1.54) is 17.4 Å². The van der Waals surface area contributed by atoms with Crippen LogP contribution in [0, 0.1) is 0 Å². The van der Waals surface area contributed by atoms with Crippen LogP contribution < -0.4 is 5.43 Å². The van der Waals surface area contributed by atoms with Gasteiger partial charge in [-0.15, -0.1) is 11.3 Å². The van der Waals surface area contributed by atoms with Crippen LogP contribution in [-0.2, 0) is 11.2 Å². The number of aliphatic carboxylic acids is 1. The fourth-order valence-corrected chi connectivity index (χ4v) is 4.73. The van der Waals surface area contributed by atoms with E-state index in [2.05, 4.69) is 31.9 Å². The molecule has 22 heavy (non-hydrogen) atoms. The third-order valence-electron chi connectivity index (χ3n) is 3.06. The summed E-state index contributed by atoms with van der Waals surface area (Å²) in [4.78, 5) is 24.1. The van der Waals surface area contributed by atoms with E-state index in [9.17, 15) is 9.59 Å². The van der Waals surface area contributed by atoms with Gasteiger partial charge in [-0.1, -0.05) is 12.1 Å². The second-order valence-electron chi connectivity index (χ2n) is 4.57. The predicted octanol–water partition coefficient (Wildman–Crippen LogP) is 4.67. The molecule has 2 heterocycles. The Balaban J connectivity index is 2.28. The summed E-state index contributed by atoms with van der Waals surface area (Å²) in [6.07, 6.45) is -0.195. The molecule has 0 amide bonds. The Labute approximate surface area is 145 Å². The smallest absolute Gasteiger partial charge is 0.307 e. The first-order valence-corrected chi connectivity index (χ1v) is 8.58. The Morgan fingerprint density at radius 3 is 2.68 bits per heavy atom. The molecule has 0 aliphatic carbocycles. The first-order valence-electron chi connectivity index (χ1n) is 6.18. The van der Waals surface area contributed by atoms with E-state index in [0.717, 1.165) is 13.1 Å². The SMILES string of the molecule is O=C(O)Cc1cccc2c(=O)cc(-c3sc(Br)cc3Br)oc12. The molecule has 0 saturated carbocycles. The predicted molar refractivity (Wildman–Crippen MR) is 92.5 cm³/mol. The zero-order chi connectivity index (χ0) is 15.9. The quantitative estimate of drug-likeness (QED) is 0.638. The van der Waals surface area contributed by atoms with Crippen molar-refractivity contribution in [3.05, 3.63) is 54.4 Å². The number of halogens is 2. The van der Waals surface area contributed by atoms with Crippen LogP contribution >= 0.6 is 43.2 Å². The van der Waals surface area contributed by atoms with Gasteiger partial charge >= 0.3 is 5.97 Å². The van der Waals surface area contributed by atoms with Crippen LogP contribution in [0.15, 0.2) is 47.8 Å². The van der Waals surface area contributed by atoms with Crippen molar-refractivity contribution < 1.29 is 14.3 Å². The van der Waals surface area contributed by atoms with E-state index in [4.69, 9.17) is 9.52 Å². The summed E-state index contributed by atoms with van der Waals surface area (Å²) in [6, 6.07) is 8.25. The topological polar surface area (TPSA) is 67.5 Å². The van der Waals surface area contributed by atoms with Gasteiger partial charge in [0.25, 0.3) is 0 Å². The van der Waals surface area contributed by atoms with Gasteiger partial charge in [0.05, 0.1) is 20.5 Å². The molecule has 3 rings (SSSR count). The van der Waals surface area contributed by atoms with Gasteiger partial charge in [-0.05, 0) is 44.0 Å². The molecule has 0 spiro atoms. The first kappa shape index (κ1) is 15.5. The van der Waals surface area contributed by atoms with Crippen molar-refractivity contribution in [2.75, 3.05) is 0 Å². The van der Waals surface area contributed by atoms with Gasteiger partial charge in [-0.25, -0.2) is 0 Å². The molecule has 1 aromatic carbocycles. The summed E-state index contributed by atoms with van der Waals surface area (Å²) in [5.41, 5.74) is 0.611. The van der Waals surface area contributed by atoms with Gasteiger partial charge in [0, 0.05) is 16.1 Å². The summed E-state index contributed by atoms with van der Waals surface area (Å²) in [5.74, 6) is -0.557. The minimum Gasteiger partial charge on any atom is -0.481 e. The maximum Gasteiger partial charge on any atom is 0.307 e. The van der Waals surface area contributed by atoms with Crippen LogP contribution in [0.1, 0.15) is 5.56 Å². The molecule has 7 heteroatoms. The van der Waals surface area contributed by atoms with Crippen LogP contribution in [0.2, 0.25) is 0 Å². The molecule has 3 aromatic rings. The lowest BCUT2D eigenvalue weighted by Gasteiger charge is -2.05. The van der Waals surface area contributed by atoms with Crippen LogP contribution in [-0.4, -0.2) is 11.1 Å². The number of benzene rings is 1. The summed E-state index contributed by atoms with van der Waals surface area (Å²) in [6.45, 7) is 0. The molecule has 2 aromatic heterocycles. The van der Waals surface area contributed by atoms with Crippen molar-refractivity contribution >= 4 is 60.1 Å². The van der Waals surface area contributed by atoms with E-state index in [1.54, 1.807) is 18.2 Å². The molecule has 0 fully saturated rings.